The highest BCUT2D eigenvalue weighted by Crippen LogP contribution is 2.31. The van der Waals surface area contributed by atoms with Gasteiger partial charge < -0.3 is 4.90 Å². The third kappa shape index (κ3) is 4.43. The summed E-state index contributed by atoms with van der Waals surface area (Å²) < 4.78 is 2.05. The Morgan fingerprint density at radius 2 is 1.70 bits per heavy atom. The van der Waals surface area contributed by atoms with E-state index < -0.39 is 0 Å². The molecule has 7 heteroatoms. The maximum Gasteiger partial charge on any atom is 0.169 e. The second kappa shape index (κ2) is 8.40. The number of hydrogen-bond acceptors (Lipinski definition) is 5. The second-order valence-corrected chi connectivity index (χ2v) is 7.27. The third-order valence-corrected chi connectivity index (χ3v) is 5.08. The van der Waals surface area contributed by atoms with Crippen LogP contribution in [0.4, 0.5) is 0 Å². The van der Waals surface area contributed by atoms with Gasteiger partial charge in [0.25, 0.3) is 0 Å². The van der Waals surface area contributed by atoms with Crippen LogP contribution in [0.3, 0.4) is 0 Å². The van der Waals surface area contributed by atoms with Crippen molar-refractivity contribution in [1.29, 1.82) is 0 Å². The molecule has 1 unspecified atom stereocenters. The molecular formula is C16H33ClN6. The van der Waals surface area contributed by atoms with E-state index >= 15 is 0 Å². The molecule has 1 aromatic heterocycles. The van der Waals surface area contributed by atoms with E-state index in [4.69, 9.17) is 0 Å². The van der Waals surface area contributed by atoms with Crippen LogP contribution in [0, 0.1) is 5.92 Å². The van der Waals surface area contributed by atoms with Crippen LogP contribution in [0.15, 0.2) is 0 Å². The first-order valence-electron chi connectivity index (χ1n) is 8.65. The van der Waals surface area contributed by atoms with Crippen molar-refractivity contribution in [3.05, 3.63) is 5.82 Å². The van der Waals surface area contributed by atoms with E-state index in [1.54, 1.807) is 0 Å². The molecule has 2 heterocycles. The third-order valence-electron chi connectivity index (χ3n) is 5.08. The van der Waals surface area contributed by atoms with Crippen LogP contribution in [0.2, 0.25) is 0 Å². The summed E-state index contributed by atoms with van der Waals surface area (Å²) in [5.41, 5.74) is -0.0444. The minimum Gasteiger partial charge on any atom is -0.301 e. The summed E-state index contributed by atoms with van der Waals surface area (Å²) in [7, 11) is 0. The van der Waals surface area contributed by atoms with Crippen molar-refractivity contribution in [2.24, 2.45) is 5.92 Å². The van der Waals surface area contributed by atoms with Gasteiger partial charge in [-0.2, -0.15) is 0 Å². The number of piperazine rings is 1. The van der Waals surface area contributed by atoms with Crippen LogP contribution in [0.5, 0.6) is 0 Å². The van der Waals surface area contributed by atoms with Crippen LogP contribution < -0.4 is 0 Å². The van der Waals surface area contributed by atoms with Crippen LogP contribution in [0.1, 0.15) is 59.8 Å². The lowest BCUT2D eigenvalue weighted by molar-refractivity contribution is 0.0687. The molecular weight excluding hydrogens is 312 g/mol. The first kappa shape index (κ1) is 20.3. The van der Waals surface area contributed by atoms with E-state index in [2.05, 4.69) is 66.9 Å². The van der Waals surface area contributed by atoms with Gasteiger partial charge in [0.15, 0.2) is 5.82 Å². The molecule has 23 heavy (non-hydrogen) atoms. The second-order valence-electron chi connectivity index (χ2n) is 7.27. The summed E-state index contributed by atoms with van der Waals surface area (Å²) in [6, 6.07) is 0.292. The SMILES string of the molecule is CCN1CCN(C(c2nnnn2C(C)(C)CC)C(C)C)CC1.Cl. The number of nitrogens with zero attached hydrogens (tertiary/aromatic N) is 6. The van der Waals surface area contributed by atoms with Gasteiger partial charge in [-0.05, 0) is 43.2 Å². The standard InChI is InChI=1S/C16H32N6.ClH/c1-7-16(5,6)22-15(17-18-19-22)14(13(3)4)21-11-9-20(8-2)10-12-21;/h13-14H,7-12H2,1-6H3;1H. The zero-order valence-electron chi connectivity index (χ0n) is 15.5. The Balaban J connectivity index is 0.00000264. The normalized spacial score (nSPS) is 18.9. The molecule has 1 atom stereocenters. The Morgan fingerprint density at radius 1 is 1.09 bits per heavy atom. The molecule has 2 rings (SSSR count). The van der Waals surface area contributed by atoms with Crippen molar-refractivity contribution < 1.29 is 0 Å². The summed E-state index contributed by atoms with van der Waals surface area (Å²) in [6.45, 7) is 19.0. The fourth-order valence-corrected chi connectivity index (χ4v) is 3.20. The van der Waals surface area contributed by atoms with Crippen LogP contribution >= 0.6 is 12.4 Å². The molecule has 0 aliphatic carbocycles. The van der Waals surface area contributed by atoms with Crippen molar-refractivity contribution >= 4 is 12.4 Å². The number of rotatable bonds is 6. The summed E-state index contributed by atoms with van der Waals surface area (Å²) in [6.07, 6.45) is 1.01. The van der Waals surface area contributed by atoms with Crippen LogP contribution in [-0.2, 0) is 5.54 Å². The Bertz CT molecular complexity index is 465. The Labute approximate surface area is 147 Å². The van der Waals surface area contributed by atoms with Gasteiger partial charge in [0.1, 0.15) is 0 Å². The summed E-state index contributed by atoms with van der Waals surface area (Å²) in [5.74, 6) is 1.51. The highest BCUT2D eigenvalue weighted by molar-refractivity contribution is 5.85. The van der Waals surface area contributed by atoms with Crippen LogP contribution in [0.25, 0.3) is 0 Å². The minimum absolute atomic E-state index is 0. The van der Waals surface area contributed by atoms with Crippen molar-refractivity contribution in [2.75, 3.05) is 32.7 Å². The molecule has 0 saturated carbocycles. The largest absolute Gasteiger partial charge is 0.301 e. The molecule has 134 valence electrons. The van der Waals surface area contributed by atoms with Crippen molar-refractivity contribution in [2.45, 2.75) is 59.5 Å². The number of hydrogen-bond donors (Lipinski definition) is 0. The molecule has 0 aromatic carbocycles. The number of likely N-dealkylation sites (N-methyl/N-ethyl adjacent to an activating group) is 1. The fourth-order valence-electron chi connectivity index (χ4n) is 3.20. The van der Waals surface area contributed by atoms with Crippen LogP contribution in [-0.4, -0.2) is 62.7 Å². The Hall–Kier alpha value is -0.720. The molecule has 0 spiro atoms. The van der Waals surface area contributed by atoms with E-state index in [0.29, 0.717) is 12.0 Å². The fraction of sp³-hybridized carbons (Fsp3) is 0.938. The van der Waals surface area contributed by atoms with Gasteiger partial charge in [0.05, 0.1) is 11.6 Å². The van der Waals surface area contributed by atoms with Crippen molar-refractivity contribution in [3.8, 4) is 0 Å². The maximum absolute atomic E-state index is 4.41. The number of halogens is 1. The van der Waals surface area contributed by atoms with Gasteiger partial charge >= 0.3 is 0 Å². The lowest BCUT2D eigenvalue weighted by atomic mass is 9.97. The molecule has 1 aromatic rings. The van der Waals surface area contributed by atoms with Crippen molar-refractivity contribution in [1.82, 2.24) is 30.0 Å². The highest BCUT2D eigenvalue weighted by Gasteiger charge is 2.34. The Kier molecular flexibility index (Phi) is 7.42. The molecule has 1 aliphatic rings. The van der Waals surface area contributed by atoms with E-state index in [9.17, 15) is 0 Å². The number of aromatic nitrogens is 4. The summed E-state index contributed by atoms with van der Waals surface area (Å²) in [5, 5.41) is 12.7. The summed E-state index contributed by atoms with van der Waals surface area (Å²) in [4.78, 5) is 5.07. The van der Waals surface area contributed by atoms with E-state index in [0.717, 1.165) is 45.0 Å². The van der Waals surface area contributed by atoms with Gasteiger partial charge in [-0.3, -0.25) is 4.90 Å². The van der Waals surface area contributed by atoms with Gasteiger partial charge in [0, 0.05) is 26.2 Å². The first-order valence-corrected chi connectivity index (χ1v) is 8.65. The average Bonchev–Trinajstić information content (AvgIpc) is 2.98. The molecule has 0 radical (unpaired) electrons. The Morgan fingerprint density at radius 3 is 2.17 bits per heavy atom. The topological polar surface area (TPSA) is 50.1 Å². The van der Waals surface area contributed by atoms with Gasteiger partial charge in [-0.15, -0.1) is 17.5 Å². The predicted molar refractivity (Wildman–Crippen MR) is 95.9 cm³/mol. The molecule has 0 bridgehead atoms. The quantitative estimate of drug-likeness (QED) is 0.793. The average molecular weight is 345 g/mol. The van der Waals surface area contributed by atoms with E-state index in [1.807, 2.05) is 4.68 Å². The molecule has 6 nitrogen and oxygen atoms in total. The molecule has 1 aliphatic heterocycles. The lowest BCUT2D eigenvalue weighted by Crippen LogP contribution is -2.49. The van der Waals surface area contributed by atoms with E-state index in [-0.39, 0.29) is 17.9 Å². The van der Waals surface area contributed by atoms with Gasteiger partial charge in [-0.1, -0.05) is 27.7 Å². The van der Waals surface area contributed by atoms with E-state index in [1.165, 1.54) is 0 Å². The molecule has 1 fully saturated rings. The predicted octanol–water partition coefficient (Wildman–Crippen LogP) is 2.57. The molecule has 0 N–H and O–H groups in total. The first-order chi connectivity index (χ1) is 10.4. The monoisotopic (exact) mass is 344 g/mol. The maximum atomic E-state index is 4.41. The zero-order chi connectivity index (χ0) is 16.3. The van der Waals surface area contributed by atoms with Gasteiger partial charge in [0.2, 0.25) is 0 Å². The zero-order valence-corrected chi connectivity index (χ0v) is 16.3. The summed E-state index contributed by atoms with van der Waals surface area (Å²) >= 11 is 0. The van der Waals surface area contributed by atoms with Gasteiger partial charge in [-0.25, -0.2) is 4.68 Å². The highest BCUT2D eigenvalue weighted by atomic mass is 35.5. The lowest BCUT2D eigenvalue weighted by Gasteiger charge is -2.40. The molecule has 1 saturated heterocycles. The van der Waals surface area contributed by atoms with Crippen molar-refractivity contribution in [3.63, 3.8) is 0 Å². The minimum atomic E-state index is -0.0444. The number of tetrazole rings is 1. The smallest absolute Gasteiger partial charge is 0.169 e. The molecule has 0 amide bonds.